The van der Waals surface area contributed by atoms with Gasteiger partial charge in [-0.05, 0) is 54.3 Å². The maximum absolute atomic E-state index is 14.1. The lowest BCUT2D eigenvalue weighted by atomic mass is 10.0. The van der Waals surface area contributed by atoms with Gasteiger partial charge in [-0.15, -0.1) is 0 Å². The lowest BCUT2D eigenvalue weighted by molar-refractivity contribution is 0.434. The Morgan fingerprint density at radius 3 is 2.29 bits per heavy atom. The second-order valence-corrected chi connectivity index (χ2v) is 6.33. The average molecular weight is 352 g/mol. The molecule has 0 bridgehead atoms. The number of ether oxygens (including phenoxy) is 1. The Morgan fingerprint density at radius 2 is 1.71 bits per heavy atom. The summed E-state index contributed by atoms with van der Waals surface area (Å²) < 4.78 is 20.9. The Labute approximate surface area is 133 Å². The van der Waals surface area contributed by atoms with E-state index in [2.05, 4.69) is 29.8 Å². The fourth-order valence-corrected chi connectivity index (χ4v) is 2.44. The van der Waals surface area contributed by atoms with E-state index in [4.69, 9.17) is 10.5 Å². The van der Waals surface area contributed by atoms with Gasteiger partial charge in [0.05, 0.1) is 0 Å². The first-order chi connectivity index (χ1) is 9.88. The van der Waals surface area contributed by atoms with Crippen molar-refractivity contribution in [2.75, 3.05) is 0 Å². The van der Waals surface area contributed by atoms with Crippen LogP contribution < -0.4 is 10.5 Å². The van der Waals surface area contributed by atoms with E-state index in [0.29, 0.717) is 5.75 Å². The summed E-state index contributed by atoms with van der Waals surface area (Å²) in [5.74, 6) is 0.760. The predicted octanol–water partition coefficient (Wildman–Crippen LogP) is 5.52. The topological polar surface area (TPSA) is 35.2 Å². The molecular formula is C17H19BrFNO. The van der Waals surface area contributed by atoms with Crippen molar-refractivity contribution in [1.82, 2.24) is 0 Å². The molecule has 2 nitrogen and oxygen atoms in total. The molecule has 2 rings (SSSR count). The van der Waals surface area contributed by atoms with Gasteiger partial charge in [0.1, 0.15) is 5.75 Å². The lowest BCUT2D eigenvalue weighted by Gasteiger charge is -2.15. The molecule has 2 aromatic rings. The van der Waals surface area contributed by atoms with Crippen molar-refractivity contribution in [2.45, 2.75) is 32.7 Å². The zero-order valence-corrected chi connectivity index (χ0v) is 13.9. The molecule has 2 N–H and O–H groups in total. The summed E-state index contributed by atoms with van der Waals surface area (Å²) in [5.41, 5.74) is 7.53. The van der Waals surface area contributed by atoms with E-state index in [-0.39, 0.29) is 17.7 Å². The first kappa shape index (κ1) is 16.0. The molecular weight excluding hydrogens is 333 g/mol. The molecule has 0 fully saturated rings. The van der Waals surface area contributed by atoms with Crippen LogP contribution in [0.2, 0.25) is 0 Å². The molecule has 0 amide bonds. The number of nitrogens with two attached hydrogens (primary N) is 1. The minimum absolute atomic E-state index is 0.201. The molecule has 0 spiro atoms. The molecule has 4 heteroatoms. The third-order valence-corrected chi connectivity index (χ3v) is 3.79. The van der Waals surface area contributed by atoms with Crippen LogP contribution in [-0.2, 0) is 0 Å². The van der Waals surface area contributed by atoms with Crippen molar-refractivity contribution < 1.29 is 9.13 Å². The van der Waals surface area contributed by atoms with Crippen LogP contribution in [0.3, 0.4) is 0 Å². The summed E-state index contributed by atoms with van der Waals surface area (Å²) in [5, 5.41) is 0. The summed E-state index contributed by atoms with van der Waals surface area (Å²) in [6.45, 7) is 5.97. The van der Waals surface area contributed by atoms with Crippen LogP contribution in [0.15, 0.2) is 40.9 Å². The molecule has 2 aromatic carbocycles. The molecule has 112 valence electrons. The van der Waals surface area contributed by atoms with E-state index in [0.717, 1.165) is 15.6 Å². The van der Waals surface area contributed by atoms with Crippen molar-refractivity contribution in [3.63, 3.8) is 0 Å². The van der Waals surface area contributed by atoms with Gasteiger partial charge in [-0.1, -0.05) is 35.8 Å². The van der Waals surface area contributed by atoms with E-state index >= 15 is 0 Å². The smallest absolute Gasteiger partial charge is 0.166 e. The molecule has 21 heavy (non-hydrogen) atoms. The van der Waals surface area contributed by atoms with Crippen LogP contribution in [0.4, 0.5) is 4.39 Å². The number of benzene rings is 2. The van der Waals surface area contributed by atoms with Crippen LogP contribution in [0.1, 0.15) is 43.9 Å². The fourth-order valence-electron chi connectivity index (χ4n) is 2.06. The molecule has 0 aromatic heterocycles. The van der Waals surface area contributed by atoms with E-state index in [1.54, 1.807) is 12.1 Å². The van der Waals surface area contributed by atoms with Crippen LogP contribution in [0, 0.1) is 5.82 Å². The van der Waals surface area contributed by atoms with Gasteiger partial charge in [-0.3, -0.25) is 0 Å². The zero-order valence-electron chi connectivity index (χ0n) is 12.4. The summed E-state index contributed by atoms with van der Waals surface area (Å²) in [7, 11) is 0. The second-order valence-electron chi connectivity index (χ2n) is 5.42. The average Bonchev–Trinajstić information content (AvgIpc) is 2.42. The Kier molecular flexibility index (Phi) is 5.01. The van der Waals surface area contributed by atoms with Gasteiger partial charge in [0.15, 0.2) is 11.6 Å². The van der Waals surface area contributed by atoms with Crippen molar-refractivity contribution in [1.29, 1.82) is 0 Å². The predicted molar refractivity (Wildman–Crippen MR) is 87.3 cm³/mol. The van der Waals surface area contributed by atoms with Crippen LogP contribution in [-0.4, -0.2) is 0 Å². The Hall–Kier alpha value is -1.39. The SMILES string of the molecule is CC(C)c1cc(Br)ccc1Oc1ccc([C@H](C)N)cc1F. The molecule has 0 aliphatic heterocycles. The molecule has 0 saturated carbocycles. The third kappa shape index (κ3) is 3.83. The van der Waals surface area contributed by atoms with Crippen molar-refractivity contribution in [3.8, 4) is 11.5 Å². The third-order valence-electron chi connectivity index (χ3n) is 3.30. The molecule has 1 atom stereocenters. The maximum atomic E-state index is 14.1. The van der Waals surface area contributed by atoms with Gasteiger partial charge >= 0.3 is 0 Å². The van der Waals surface area contributed by atoms with E-state index in [1.165, 1.54) is 6.07 Å². The van der Waals surface area contributed by atoms with Crippen LogP contribution in [0.25, 0.3) is 0 Å². The summed E-state index contributed by atoms with van der Waals surface area (Å²) in [4.78, 5) is 0. The highest BCUT2D eigenvalue weighted by Crippen LogP contribution is 2.34. The Morgan fingerprint density at radius 1 is 1.05 bits per heavy atom. The maximum Gasteiger partial charge on any atom is 0.166 e. The van der Waals surface area contributed by atoms with Crippen LogP contribution in [0.5, 0.6) is 11.5 Å². The highest BCUT2D eigenvalue weighted by Gasteiger charge is 2.13. The summed E-state index contributed by atoms with van der Waals surface area (Å²) in [6.07, 6.45) is 0. The molecule has 0 unspecified atom stereocenters. The molecule has 0 aliphatic carbocycles. The highest BCUT2D eigenvalue weighted by molar-refractivity contribution is 9.10. The van der Waals surface area contributed by atoms with Crippen LogP contribution >= 0.6 is 15.9 Å². The minimum Gasteiger partial charge on any atom is -0.454 e. The van der Waals surface area contributed by atoms with Crippen molar-refractivity contribution in [2.24, 2.45) is 5.73 Å². The molecule has 0 saturated heterocycles. The van der Waals surface area contributed by atoms with Gasteiger partial charge in [-0.2, -0.15) is 0 Å². The number of hydrogen-bond donors (Lipinski definition) is 1. The summed E-state index contributed by atoms with van der Waals surface area (Å²) in [6, 6.07) is 10.4. The first-order valence-corrected chi connectivity index (χ1v) is 7.70. The van der Waals surface area contributed by atoms with Gasteiger partial charge in [-0.25, -0.2) is 4.39 Å². The molecule has 0 aliphatic rings. The van der Waals surface area contributed by atoms with Gasteiger partial charge < -0.3 is 10.5 Å². The lowest BCUT2D eigenvalue weighted by Crippen LogP contribution is -2.05. The number of halogens is 2. The zero-order chi connectivity index (χ0) is 15.6. The highest BCUT2D eigenvalue weighted by atomic mass is 79.9. The van der Waals surface area contributed by atoms with E-state index in [9.17, 15) is 4.39 Å². The quantitative estimate of drug-likeness (QED) is 0.786. The Balaban J connectivity index is 2.34. The van der Waals surface area contributed by atoms with Gasteiger partial charge in [0, 0.05) is 10.5 Å². The first-order valence-electron chi connectivity index (χ1n) is 6.91. The largest absolute Gasteiger partial charge is 0.454 e. The standard InChI is InChI=1S/C17H19BrFNO/c1-10(2)14-9-13(18)5-7-16(14)21-17-6-4-12(11(3)20)8-15(17)19/h4-11H,20H2,1-3H3/t11-/m0/s1. The number of hydrogen-bond acceptors (Lipinski definition) is 2. The minimum atomic E-state index is -0.401. The number of rotatable bonds is 4. The Bertz CT molecular complexity index is 641. The normalized spacial score (nSPS) is 12.5. The molecule has 0 heterocycles. The second kappa shape index (κ2) is 6.58. The van der Waals surface area contributed by atoms with Gasteiger partial charge in [0.2, 0.25) is 0 Å². The summed E-state index contributed by atoms with van der Waals surface area (Å²) >= 11 is 3.45. The van der Waals surface area contributed by atoms with E-state index in [1.807, 2.05) is 25.1 Å². The molecule has 0 radical (unpaired) electrons. The monoisotopic (exact) mass is 351 g/mol. The fraction of sp³-hybridized carbons (Fsp3) is 0.294. The van der Waals surface area contributed by atoms with Crippen molar-refractivity contribution >= 4 is 15.9 Å². The van der Waals surface area contributed by atoms with Crippen molar-refractivity contribution in [3.05, 3.63) is 57.8 Å². The van der Waals surface area contributed by atoms with Gasteiger partial charge in [0.25, 0.3) is 0 Å². The van der Waals surface area contributed by atoms with E-state index < -0.39 is 5.82 Å².